The van der Waals surface area contributed by atoms with E-state index in [2.05, 4.69) is 15.0 Å². The van der Waals surface area contributed by atoms with E-state index in [0.717, 1.165) is 28.5 Å². The molecule has 0 bridgehead atoms. The Morgan fingerprint density at radius 1 is 1.14 bits per heavy atom. The molecule has 0 amide bonds. The summed E-state index contributed by atoms with van der Waals surface area (Å²) in [4.78, 5) is 23.6. The molecule has 0 radical (unpaired) electrons. The largest absolute Gasteiger partial charge is 0.465 e. The number of aromatic amines is 1. The van der Waals surface area contributed by atoms with Gasteiger partial charge in [-0.1, -0.05) is 18.2 Å². The van der Waals surface area contributed by atoms with Gasteiger partial charge in [0.2, 0.25) is 0 Å². The fraction of sp³-hybridized carbons (Fsp3) is 0.118. The smallest absolute Gasteiger partial charge is 0.337 e. The Morgan fingerprint density at radius 2 is 1.91 bits per heavy atom. The van der Waals surface area contributed by atoms with Gasteiger partial charge in [-0.15, -0.1) is 0 Å². The third-order valence-electron chi connectivity index (χ3n) is 3.37. The predicted molar refractivity (Wildman–Crippen MR) is 83.3 cm³/mol. The molecule has 0 saturated heterocycles. The number of methoxy groups -OCH3 is 1. The summed E-state index contributed by atoms with van der Waals surface area (Å²) in [5.41, 5.74) is 4.04. The number of hydrogen-bond acceptors (Lipinski definition) is 4. The van der Waals surface area contributed by atoms with Gasteiger partial charge >= 0.3 is 5.97 Å². The van der Waals surface area contributed by atoms with Crippen molar-refractivity contribution in [3.63, 3.8) is 0 Å². The Hall–Kier alpha value is -2.95. The first kappa shape index (κ1) is 14.0. The molecule has 0 saturated carbocycles. The standard InChI is InChI=1S/C17H15N3O2/c1-11-15(12-6-8-13(9-7-12)17(21)22-2)20-16(19-11)14-5-3-4-10-18-14/h3-10H,1-2H3,(H,19,20). The Balaban J connectivity index is 1.96. The van der Waals surface area contributed by atoms with Crippen molar-refractivity contribution in [1.29, 1.82) is 0 Å². The van der Waals surface area contributed by atoms with Crippen LogP contribution in [0.5, 0.6) is 0 Å². The molecule has 0 unspecified atom stereocenters. The molecule has 2 aromatic heterocycles. The van der Waals surface area contributed by atoms with Gasteiger partial charge in [0.1, 0.15) is 5.69 Å². The normalized spacial score (nSPS) is 10.5. The Bertz CT molecular complexity index is 793. The summed E-state index contributed by atoms with van der Waals surface area (Å²) in [5, 5.41) is 0. The average Bonchev–Trinajstić information content (AvgIpc) is 2.97. The highest BCUT2D eigenvalue weighted by Gasteiger charge is 2.12. The minimum absolute atomic E-state index is 0.348. The van der Waals surface area contributed by atoms with Crippen LogP contribution in [0.25, 0.3) is 22.8 Å². The number of rotatable bonds is 3. The van der Waals surface area contributed by atoms with Gasteiger partial charge in [-0.2, -0.15) is 0 Å². The van der Waals surface area contributed by atoms with Crippen LogP contribution >= 0.6 is 0 Å². The molecule has 5 heteroatoms. The number of pyridine rings is 1. The minimum atomic E-state index is -0.348. The topological polar surface area (TPSA) is 67.9 Å². The van der Waals surface area contributed by atoms with Crippen LogP contribution < -0.4 is 0 Å². The number of aromatic nitrogens is 3. The van der Waals surface area contributed by atoms with Gasteiger partial charge < -0.3 is 9.72 Å². The molecule has 0 fully saturated rings. The second-order valence-electron chi connectivity index (χ2n) is 4.84. The highest BCUT2D eigenvalue weighted by atomic mass is 16.5. The zero-order valence-corrected chi connectivity index (χ0v) is 12.3. The summed E-state index contributed by atoms with van der Waals surface area (Å²) < 4.78 is 4.70. The third kappa shape index (κ3) is 2.61. The maximum Gasteiger partial charge on any atom is 0.337 e. The number of nitrogens with one attached hydrogen (secondary N) is 1. The molecule has 0 aliphatic carbocycles. The van der Waals surface area contributed by atoms with Crippen LogP contribution in [0.1, 0.15) is 16.1 Å². The summed E-state index contributed by atoms with van der Waals surface area (Å²) in [6.45, 7) is 1.96. The quantitative estimate of drug-likeness (QED) is 0.753. The number of esters is 1. The third-order valence-corrected chi connectivity index (χ3v) is 3.37. The zero-order valence-electron chi connectivity index (χ0n) is 12.3. The molecule has 5 nitrogen and oxygen atoms in total. The van der Waals surface area contributed by atoms with E-state index in [9.17, 15) is 4.79 Å². The van der Waals surface area contributed by atoms with Gasteiger partial charge in [-0.25, -0.2) is 9.78 Å². The van der Waals surface area contributed by atoms with Gasteiger partial charge in [0, 0.05) is 17.5 Å². The number of carbonyl (C=O) groups is 1. The van der Waals surface area contributed by atoms with Crippen molar-refractivity contribution >= 4 is 5.97 Å². The monoisotopic (exact) mass is 293 g/mol. The summed E-state index contributed by atoms with van der Waals surface area (Å²) in [5.74, 6) is 0.379. The van der Waals surface area contributed by atoms with Crippen LogP contribution in [0, 0.1) is 6.92 Å². The van der Waals surface area contributed by atoms with E-state index in [1.54, 1.807) is 18.3 Å². The van der Waals surface area contributed by atoms with Crippen molar-refractivity contribution in [1.82, 2.24) is 15.0 Å². The van der Waals surface area contributed by atoms with E-state index in [4.69, 9.17) is 4.74 Å². The van der Waals surface area contributed by atoms with Gasteiger partial charge in [-0.3, -0.25) is 4.98 Å². The van der Waals surface area contributed by atoms with Crippen molar-refractivity contribution in [2.45, 2.75) is 6.92 Å². The molecular weight excluding hydrogens is 278 g/mol. The maximum absolute atomic E-state index is 11.5. The van der Waals surface area contributed by atoms with Gasteiger partial charge in [0.15, 0.2) is 5.82 Å². The van der Waals surface area contributed by atoms with Crippen LogP contribution in [0.4, 0.5) is 0 Å². The lowest BCUT2D eigenvalue weighted by molar-refractivity contribution is 0.0601. The molecule has 1 N–H and O–H groups in total. The number of carbonyl (C=O) groups excluding carboxylic acids is 1. The average molecular weight is 293 g/mol. The van der Waals surface area contributed by atoms with Crippen LogP contribution in [0.15, 0.2) is 48.7 Å². The van der Waals surface area contributed by atoms with E-state index < -0.39 is 0 Å². The number of nitrogens with zero attached hydrogens (tertiary/aromatic N) is 2. The van der Waals surface area contributed by atoms with Crippen LogP contribution in [0.3, 0.4) is 0 Å². The molecule has 0 aliphatic rings. The number of aryl methyl sites for hydroxylation is 1. The van der Waals surface area contributed by atoms with Crippen LogP contribution in [0.2, 0.25) is 0 Å². The Morgan fingerprint density at radius 3 is 2.55 bits per heavy atom. The highest BCUT2D eigenvalue weighted by molar-refractivity contribution is 5.89. The molecule has 1 aromatic carbocycles. The lowest BCUT2D eigenvalue weighted by Gasteiger charge is -2.01. The molecule has 2 heterocycles. The Kier molecular flexibility index (Phi) is 3.70. The second-order valence-corrected chi connectivity index (χ2v) is 4.84. The van der Waals surface area contributed by atoms with E-state index in [1.807, 2.05) is 37.3 Å². The first-order chi connectivity index (χ1) is 10.7. The predicted octanol–water partition coefficient (Wildman–Crippen LogP) is 3.23. The van der Waals surface area contributed by atoms with E-state index in [1.165, 1.54) is 7.11 Å². The first-order valence-corrected chi connectivity index (χ1v) is 6.86. The molecule has 0 atom stereocenters. The molecule has 110 valence electrons. The molecule has 0 spiro atoms. The maximum atomic E-state index is 11.5. The molecule has 22 heavy (non-hydrogen) atoms. The van der Waals surface area contributed by atoms with Crippen LogP contribution in [-0.4, -0.2) is 28.0 Å². The summed E-state index contributed by atoms with van der Waals surface area (Å²) in [7, 11) is 1.37. The zero-order chi connectivity index (χ0) is 15.5. The van der Waals surface area contributed by atoms with Crippen molar-refractivity contribution in [2.75, 3.05) is 7.11 Å². The number of H-pyrrole nitrogens is 1. The highest BCUT2D eigenvalue weighted by Crippen LogP contribution is 2.25. The van der Waals surface area contributed by atoms with Crippen LogP contribution in [-0.2, 0) is 4.74 Å². The fourth-order valence-electron chi connectivity index (χ4n) is 2.25. The SMILES string of the molecule is COC(=O)c1ccc(-c2nc(-c3ccccn3)[nH]c2C)cc1. The van der Waals surface area contributed by atoms with Crippen molar-refractivity contribution in [3.05, 3.63) is 59.9 Å². The minimum Gasteiger partial charge on any atom is -0.465 e. The van der Waals surface area contributed by atoms with Crippen molar-refractivity contribution in [3.8, 4) is 22.8 Å². The molecule has 3 aromatic rings. The number of benzene rings is 1. The summed E-state index contributed by atoms with van der Waals surface area (Å²) >= 11 is 0. The van der Waals surface area contributed by atoms with Crippen molar-refractivity contribution < 1.29 is 9.53 Å². The number of ether oxygens (including phenoxy) is 1. The lowest BCUT2D eigenvalue weighted by Crippen LogP contribution is -2.00. The van der Waals surface area contributed by atoms with Gasteiger partial charge in [0.25, 0.3) is 0 Å². The second kappa shape index (κ2) is 5.81. The fourth-order valence-corrected chi connectivity index (χ4v) is 2.25. The Labute approximate surface area is 128 Å². The number of hydrogen-bond donors (Lipinski definition) is 1. The molecule has 3 rings (SSSR count). The molecular formula is C17H15N3O2. The van der Waals surface area contributed by atoms with Gasteiger partial charge in [-0.05, 0) is 31.2 Å². The van der Waals surface area contributed by atoms with E-state index in [0.29, 0.717) is 5.56 Å². The van der Waals surface area contributed by atoms with E-state index in [-0.39, 0.29) is 5.97 Å². The van der Waals surface area contributed by atoms with Gasteiger partial charge in [0.05, 0.1) is 18.4 Å². The molecule has 0 aliphatic heterocycles. The summed E-state index contributed by atoms with van der Waals surface area (Å²) in [6.07, 6.45) is 1.73. The van der Waals surface area contributed by atoms with E-state index >= 15 is 0 Å². The lowest BCUT2D eigenvalue weighted by atomic mass is 10.1. The summed E-state index contributed by atoms with van der Waals surface area (Å²) in [6, 6.07) is 12.9. The van der Waals surface area contributed by atoms with Crippen molar-refractivity contribution in [2.24, 2.45) is 0 Å². The number of imidazole rings is 1. The first-order valence-electron chi connectivity index (χ1n) is 6.86.